The van der Waals surface area contributed by atoms with Crippen LogP contribution >= 0.6 is 11.8 Å². The van der Waals surface area contributed by atoms with Crippen molar-refractivity contribution in [2.45, 2.75) is 11.7 Å². The van der Waals surface area contributed by atoms with E-state index >= 15 is 0 Å². The molecular weight excluding hydrogens is 380 g/mol. The molecule has 2 N–H and O–H groups in total. The third kappa shape index (κ3) is 4.20. The summed E-state index contributed by atoms with van der Waals surface area (Å²) in [5, 5.41) is 10.4. The number of rotatable bonds is 7. The predicted octanol–water partition coefficient (Wildman–Crippen LogP) is 2.62. The van der Waals surface area contributed by atoms with Gasteiger partial charge < -0.3 is 19.5 Å². The number of nitrogens with zero attached hydrogens (tertiary/aromatic N) is 2. The van der Waals surface area contributed by atoms with Crippen LogP contribution in [0.15, 0.2) is 47.6 Å². The van der Waals surface area contributed by atoms with Crippen molar-refractivity contribution in [1.82, 2.24) is 20.5 Å². The van der Waals surface area contributed by atoms with Crippen LogP contribution in [0.5, 0.6) is 17.2 Å². The molecule has 0 fully saturated rings. The Hall–Kier alpha value is -3.20. The largest absolute Gasteiger partial charge is 0.497 e. The molecule has 1 aliphatic heterocycles. The number of methoxy groups -OCH3 is 1. The summed E-state index contributed by atoms with van der Waals surface area (Å²) in [7, 11) is 1.62. The lowest BCUT2D eigenvalue weighted by Crippen LogP contribution is -2.24. The molecule has 0 unspecified atom stereocenters. The Morgan fingerprint density at radius 1 is 1.21 bits per heavy atom. The van der Waals surface area contributed by atoms with Gasteiger partial charge in [0.15, 0.2) is 17.3 Å². The Kier molecular flexibility index (Phi) is 5.34. The summed E-state index contributed by atoms with van der Waals surface area (Å²) in [5.41, 5.74) is 1.84. The zero-order valence-electron chi connectivity index (χ0n) is 15.1. The average Bonchev–Trinajstić information content (AvgIpc) is 3.39. The second-order valence-corrected chi connectivity index (χ2v) is 6.89. The molecule has 1 aromatic heterocycles. The highest BCUT2D eigenvalue weighted by Crippen LogP contribution is 2.32. The van der Waals surface area contributed by atoms with E-state index in [9.17, 15) is 4.79 Å². The number of fused-ring (bicyclic) bond motifs is 1. The summed E-state index contributed by atoms with van der Waals surface area (Å²) in [5.74, 6) is 2.97. The topological polar surface area (TPSA) is 98.4 Å². The summed E-state index contributed by atoms with van der Waals surface area (Å²) in [6, 6.07) is 13.1. The fourth-order valence-corrected chi connectivity index (χ4v) is 3.25. The summed E-state index contributed by atoms with van der Waals surface area (Å²) < 4.78 is 15.8. The second kappa shape index (κ2) is 8.22. The third-order valence-corrected chi connectivity index (χ3v) is 4.93. The van der Waals surface area contributed by atoms with Crippen LogP contribution in [0.2, 0.25) is 0 Å². The highest BCUT2D eigenvalue weighted by Gasteiger charge is 2.14. The molecule has 8 nitrogen and oxygen atoms in total. The van der Waals surface area contributed by atoms with E-state index in [-0.39, 0.29) is 18.5 Å². The highest BCUT2D eigenvalue weighted by atomic mass is 32.2. The molecule has 0 saturated heterocycles. The molecule has 28 heavy (non-hydrogen) atoms. The zero-order valence-corrected chi connectivity index (χ0v) is 15.9. The molecule has 0 aliphatic carbocycles. The average molecular weight is 398 g/mol. The Balaban J connectivity index is 1.27. The van der Waals surface area contributed by atoms with Crippen LogP contribution in [-0.4, -0.2) is 40.7 Å². The smallest absolute Gasteiger partial charge is 0.231 e. The molecule has 1 aliphatic rings. The van der Waals surface area contributed by atoms with Gasteiger partial charge in [0.1, 0.15) is 5.75 Å². The molecule has 144 valence electrons. The van der Waals surface area contributed by atoms with Crippen molar-refractivity contribution < 1.29 is 19.0 Å². The molecule has 1 amide bonds. The van der Waals surface area contributed by atoms with Gasteiger partial charge in [-0.15, -0.1) is 5.10 Å². The number of H-pyrrole nitrogens is 1. The number of benzene rings is 2. The number of aromatic nitrogens is 3. The Labute approximate surface area is 165 Å². The molecule has 2 aromatic carbocycles. The van der Waals surface area contributed by atoms with Gasteiger partial charge in [0.05, 0.1) is 12.9 Å². The van der Waals surface area contributed by atoms with E-state index in [0.717, 1.165) is 22.6 Å². The first kappa shape index (κ1) is 18.2. The number of amides is 1. The fourth-order valence-electron chi connectivity index (χ4n) is 2.62. The number of nitrogens with one attached hydrogen (secondary N) is 2. The number of carbonyl (C=O) groups excluding carboxylic acids is 1. The van der Waals surface area contributed by atoms with Crippen LogP contribution in [0.1, 0.15) is 5.56 Å². The molecule has 0 bridgehead atoms. The molecule has 4 rings (SSSR count). The van der Waals surface area contributed by atoms with Gasteiger partial charge in [0.2, 0.25) is 17.9 Å². The van der Waals surface area contributed by atoms with Gasteiger partial charge in [-0.2, -0.15) is 0 Å². The van der Waals surface area contributed by atoms with Crippen molar-refractivity contribution >= 4 is 17.7 Å². The van der Waals surface area contributed by atoms with Gasteiger partial charge in [0, 0.05) is 12.1 Å². The minimum atomic E-state index is -0.0986. The zero-order chi connectivity index (χ0) is 19.3. The molecule has 0 radical (unpaired) electrons. The molecule has 9 heteroatoms. The minimum Gasteiger partial charge on any atom is -0.497 e. The van der Waals surface area contributed by atoms with Crippen molar-refractivity contribution in [1.29, 1.82) is 0 Å². The lowest BCUT2D eigenvalue weighted by molar-refractivity contribution is -0.118. The summed E-state index contributed by atoms with van der Waals surface area (Å²) in [6.45, 7) is 0.651. The van der Waals surface area contributed by atoms with Crippen molar-refractivity contribution in [3.63, 3.8) is 0 Å². The summed E-state index contributed by atoms with van der Waals surface area (Å²) in [6.07, 6.45) is 0. The van der Waals surface area contributed by atoms with E-state index in [0.29, 0.717) is 23.3 Å². The van der Waals surface area contributed by atoms with Gasteiger partial charge in [-0.1, -0.05) is 17.8 Å². The van der Waals surface area contributed by atoms with Crippen LogP contribution < -0.4 is 19.5 Å². The Bertz CT molecular complexity index is 974. The van der Waals surface area contributed by atoms with Gasteiger partial charge in [0.25, 0.3) is 0 Å². The first-order valence-electron chi connectivity index (χ1n) is 8.56. The standard InChI is InChI=1S/C19H18N4O4S/c1-25-14-5-3-13(4-6-14)18-21-19(23-22-18)28-10-17(24)20-9-12-2-7-15-16(8-12)27-11-26-15/h2-8H,9-11H2,1H3,(H,20,24)(H,21,22,23). The van der Waals surface area contributed by atoms with Crippen LogP contribution in [0, 0.1) is 0 Å². The number of hydrogen-bond acceptors (Lipinski definition) is 7. The quantitative estimate of drug-likeness (QED) is 0.590. The van der Waals surface area contributed by atoms with E-state index in [4.69, 9.17) is 14.2 Å². The first-order chi connectivity index (χ1) is 13.7. The minimum absolute atomic E-state index is 0.0986. The normalized spacial score (nSPS) is 12.0. The van der Waals surface area contributed by atoms with Gasteiger partial charge in [-0.25, -0.2) is 4.98 Å². The number of thioether (sulfide) groups is 1. The van der Waals surface area contributed by atoms with Crippen LogP contribution in [0.25, 0.3) is 11.4 Å². The highest BCUT2D eigenvalue weighted by molar-refractivity contribution is 7.99. The van der Waals surface area contributed by atoms with Crippen molar-refractivity contribution in [3.05, 3.63) is 48.0 Å². The Morgan fingerprint density at radius 2 is 2.04 bits per heavy atom. The first-order valence-corrected chi connectivity index (χ1v) is 9.54. The molecule has 0 spiro atoms. The SMILES string of the molecule is COc1ccc(-c2nc(SCC(=O)NCc3ccc4c(c3)OCO4)n[nH]2)cc1. The van der Waals surface area contributed by atoms with Crippen molar-refractivity contribution in [2.24, 2.45) is 0 Å². The summed E-state index contributed by atoms with van der Waals surface area (Å²) >= 11 is 1.27. The Morgan fingerprint density at radius 3 is 2.86 bits per heavy atom. The lowest BCUT2D eigenvalue weighted by atomic mass is 10.2. The molecule has 0 saturated carbocycles. The van der Waals surface area contributed by atoms with E-state index < -0.39 is 0 Å². The number of hydrogen-bond donors (Lipinski definition) is 2. The van der Waals surface area contributed by atoms with E-state index in [2.05, 4.69) is 20.5 Å². The maximum absolute atomic E-state index is 12.1. The molecule has 3 aromatic rings. The van der Waals surface area contributed by atoms with Gasteiger partial charge in [-0.3, -0.25) is 9.89 Å². The van der Waals surface area contributed by atoms with E-state index in [1.165, 1.54) is 11.8 Å². The third-order valence-electron chi connectivity index (χ3n) is 4.09. The molecular formula is C19H18N4O4S. The number of ether oxygens (including phenoxy) is 3. The fraction of sp³-hybridized carbons (Fsp3) is 0.211. The van der Waals surface area contributed by atoms with Crippen LogP contribution in [-0.2, 0) is 11.3 Å². The van der Waals surface area contributed by atoms with Gasteiger partial charge >= 0.3 is 0 Å². The number of carbonyl (C=O) groups is 1. The summed E-state index contributed by atoms with van der Waals surface area (Å²) in [4.78, 5) is 16.5. The van der Waals surface area contributed by atoms with Crippen molar-refractivity contribution in [2.75, 3.05) is 19.7 Å². The monoisotopic (exact) mass is 398 g/mol. The van der Waals surface area contributed by atoms with Crippen LogP contribution in [0.3, 0.4) is 0 Å². The van der Waals surface area contributed by atoms with E-state index in [1.807, 2.05) is 42.5 Å². The predicted molar refractivity (Wildman–Crippen MR) is 104 cm³/mol. The maximum Gasteiger partial charge on any atom is 0.231 e. The molecule has 2 heterocycles. The second-order valence-electron chi connectivity index (χ2n) is 5.95. The molecule has 0 atom stereocenters. The number of aromatic amines is 1. The lowest BCUT2D eigenvalue weighted by Gasteiger charge is -2.05. The van der Waals surface area contributed by atoms with Crippen molar-refractivity contribution in [3.8, 4) is 28.6 Å². The van der Waals surface area contributed by atoms with E-state index in [1.54, 1.807) is 7.11 Å². The van der Waals surface area contributed by atoms with Crippen LogP contribution in [0.4, 0.5) is 0 Å². The van der Waals surface area contributed by atoms with Gasteiger partial charge in [-0.05, 0) is 42.0 Å². The maximum atomic E-state index is 12.1.